The molecule has 0 spiro atoms. The molecular formula is C30H28Cl4N4O4. The number of ether oxygens (including phenoxy) is 2. The van der Waals surface area contributed by atoms with Crippen LogP contribution in [-0.4, -0.2) is 60.4 Å². The minimum Gasteiger partial charge on any atom is -0.497 e. The summed E-state index contributed by atoms with van der Waals surface area (Å²) in [5.41, 5.74) is 1.99. The zero-order valence-corrected chi connectivity index (χ0v) is 26.1. The standard InChI is InChI=1S/C30H28Cl4N4O4/c1-16(2)42-25-14-19(41-3)6-7-20(25)29-36-27(17-4-8-21(31)23(33)12-17)28(18-5-9-22(32)24(34)13-18)38(29)30(40)37-11-10-35-26(39)15-37/h4-9,12-14,16,27-28H,10-11,15H2,1-3H3,(H,35,39)/t27-,28-/m0/s1. The van der Waals surface area contributed by atoms with Crippen LogP contribution in [0.3, 0.4) is 0 Å². The van der Waals surface area contributed by atoms with E-state index in [4.69, 9.17) is 60.9 Å². The molecule has 12 heteroatoms. The lowest BCUT2D eigenvalue weighted by molar-refractivity contribution is -0.123. The first kappa shape index (κ1) is 30.3. The molecule has 3 aromatic carbocycles. The third-order valence-electron chi connectivity index (χ3n) is 6.94. The van der Waals surface area contributed by atoms with Crippen molar-refractivity contribution in [2.75, 3.05) is 26.7 Å². The first-order chi connectivity index (χ1) is 20.1. The molecule has 0 aromatic heterocycles. The predicted molar refractivity (Wildman–Crippen MR) is 166 cm³/mol. The van der Waals surface area contributed by atoms with Crippen LogP contribution in [0.15, 0.2) is 59.6 Å². The van der Waals surface area contributed by atoms with Gasteiger partial charge in [0, 0.05) is 19.2 Å². The molecule has 1 fully saturated rings. The first-order valence-electron chi connectivity index (χ1n) is 13.2. The summed E-state index contributed by atoms with van der Waals surface area (Å²) >= 11 is 25.5. The van der Waals surface area contributed by atoms with Crippen molar-refractivity contribution in [2.45, 2.75) is 32.0 Å². The smallest absolute Gasteiger partial charge is 0.326 e. The van der Waals surface area contributed by atoms with Gasteiger partial charge < -0.3 is 19.7 Å². The van der Waals surface area contributed by atoms with E-state index in [9.17, 15) is 9.59 Å². The second kappa shape index (κ2) is 12.6. The number of benzene rings is 3. The number of hydrogen-bond donors (Lipinski definition) is 1. The van der Waals surface area contributed by atoms with Crippen molar-refractivity contribution in [2.24, 2.45) is 4.99 Å². The zero-order valence-electron chi connectivity index (χ0n) is 23.0. The number of amides is 3. The quantitative estimate of drug-likeness (QED) is 0.306. The third kappa shape index (κ3) is 6.13. The molecule has 1 N–H and O–H groups in total. The van der Waals surface area contributed by atoms with Crippen LogP contribution in [0.2, 0.25) is 20.1 Å². The molecule has 8 nitrogen and oxygen atoms in total. The lowest BCUT2D eigenvalue weighted by Crippen LogP contribution is -2.55. The number of rotatable bonds is 6. The summed E-state index contributed by atoms with van der Waals surface area (Å²) in [6, 6.07) is 14.1. The molecule has 0 aliphatic carbocycles. The number of piperazine rings is 1. The Balaban J connectivity index is 1.74. The minimum absolute atomic E-state index is 0.0912. The molecule has 1 saturated heterocycles. The Labute approximate surface area is 264 Å². The minimum atomic E-state index is -0.682. The maximum Gasteiger partial charge on any atom is 0.326 e. The number of halogens is 4. The Bertz CT molecular complexity index is 1560. The van der Waals surface area contributed by atoms with Gasteiger partial charge in [-0.25, -0.2) is 4.79 Å². The van der Waals surface area contributed by atoms with Gasteiger partial charge in [-0.05, 0) is 61.4 Å². The van der Waals surface area contributed by atoms with Crippen LogP contribution in [0.4, 0.5) is 4.79 Å². The molecule has 3 amide bonds. The number of hydrogen-bond acceptors (Lipinski definition) is 5. The fourth-order valence-electron chi connectivity index (χ4n) is 5.05. The number of carbonyl (C=O) groups excluding carboxylic acids is 2. The van der Waals surface area contributed by atoms with Crippen molar-refractivity contribution in [1.29, 1.82) is 0 Å². The molecular weight excluding hydrogens is 622 g/mol. The Kier molecular flexibility index (Phi) is 9.08. The zero-order chi connectivity index (χ0) is 30.1. The van der Waals surface area contributed by atoms with Crippen LogP contribution in [0.1, 0.15) is 42.6 Å². The summed E-state index contributed by atoms with van der Waals surface area (Å²) in [5.74, 6) is 1.18. The maximum absolute atomic E-state index is 14.4. The largest absolute Gasteiger partial charge is 0.497 e. The van der Waals surface area contributed by atoms with Crippen molar-refractivity contribution in [1.82, 2.24) is 15.1 Å². The molecule has 2 aliphatic heterocycles. The highest BCUT2D eigenvalue weighted by Crippen LogP contribution is 2.47. The SMILES string of the molecule is COc1ccc(C2=N[C@@H](c3ccc(Cl)c(Cl)c3)[C@H](c3ccc(Cl)c(Cl)c3)N2C(=O)N2CCNC(=O)C2)c(OC(C)C)c1. The van der Waals surface area contributed by atoms with Gasteiger partial charge in [-0.15, -0.1) is 0 Å². The van der Waals surface area contributed by atoms with E-state index in [0.29, 0.717) is 61.6 Å². The normalized spacial score (nSPS) is 18.7. The molecule has 3 aromatic rings. The summed E-state index contributed by atoms with van der Waals surface area (Å²) in [4.78, 5) is 35.0. The fraction of sp³-hybridized carbons (Fsp3) is 0.300. The Hall–Kier alpha value is -3.17. The summed E-state index contributed by atoms with van der Waals surface area (Å²) in [5, 5.41) is 4.22. The fourth-order valence-corrected chi connectivity index (χ4v) is 5.66. The topological polar surface area (TPSA) is 83.5 Å². The highest BCUT2D eigenvalue weighted by atomic mass is 35.5. The number of amidine groups is 1. The first-order valence-corrected chi connectivity index (χ1v) is 14.8. The average molecular weight is 650 g/mol. The molecule has 2 aliphatic rings. The van der Waals surface area contributed by atoms with E-state index in [-0.39, 0.29) is 18.6 Å². The molecule has 2 heterocycles. The van der Waals surface area contributed by atoms with E-state index < -0.39 is 18.1 Å². The molecule has 0 bridgehead atoms. The third-order valence-corrected chi connectivity index (χ3v) is 8.42. The van der Waals surface area contributed by atoms with Crippen LogP contribution in [-0.2, 0) is 4.79 Å². The van der Waals surface area contributed by atoms with E-state index in [2.05, 4.69) is 5.32 Å². The van der Waals surface area contributed by atoms with Gasteiger partial charge in [-0.3, -0.25) is 14.7 Å². The summed E-state index contributed by atoms with van der Waals surface area (Å²) in [6.45, 7) is 4.39. The van der Waals surface area contributed by atoms with Gasteiger partial charge in [-0.2, -0.15) is 0 Å². The Morgan fingerprint density at radius 1 is 0.952 bits per heavy atom. The van der Waals surface area contributed by atoms with Crippen LogP contribution < -0.4 is 14.8 Å². The number of nitrogens with zero attached hydrogens (tertiary/aromatic N) is 3. The van der Waals surface area contributed by atoms with Gasteiger partial charge in [0.05, 0.1) is 44.9 Å². The van der Waals surface area contributed by atoms with Gasteiger partial charge >= 0.3 is 6.03 Å². The Morgan fingerprint density at radius 2 is 1.62 bits per heavy atom. The molecule has 220 valence electrons. The summed E-state index contributed by atoms with van der Waals surface area (Å²) < 4.78 is 11.6. The van der Waals surface area contributed by atoms with Gasteiger partial charge in [-0.1, -0.05) is 58.5 Å². The average Bonchev–Trinajstić information content (AvgIpc) is 3.35. The van der Waals surface area contributed by atoms with Crippen molar-refractivity contribution >= 4 is 64.2 Å². The lowest BCUT2D eigenvalue weighted by Gasteiger charge is -2.36. The van der Waals surface area contributed by atoms with Crippen LogP contribution in [0.25, 0.3) is 0 Å². The molecule has 42 heavy (non-hydrogen) atoms. The highest BCUT2D eigenvalue weighted by Gasteiger charge is 2.45. The number of urea groups is 1. The Morgan fingerprint density at radius 3 is 2.24 bits per heavy atom. The molecule has 5 rings (SSSR count). The summed E-state index contributed by atoms with van der Waals surface area (Å²) in [6.07, 6.45) is -0.176. The van der Waals surface area contributed by atoms with Crippen LogP contribution in [0.5, 0.6) is 11.5 Å². The number of methoxy groups -OCH3 is 1. The molecule has 0 radical (unpaired) electrons. The van der Waals surface area contributed by atoms with Gasteiger partial charge in [0.2, 0.25) is 5.91 Å². The van der Waals surface area contributed by atoms with Crippen molar-refractivity contribution in [3.63, 3.8) is 0 Å². The second-order valence-corrected chi connectivity index (χ2v) is 11.8. The monoisotopic (exact) mass is 648 g/mol. The van der Waals surface area contributed by atoms with E-state index in [1.807, 2.05) is 32.0 Å². The van der Waals surface area contributed by atoms with E-state index in [1.165, 1.54) is 4.90 Å². The maximum atomic E-state index is 14.4. The number of carbonyl (C=O) groups is 2. The van der Waals surface area contributed by atoms with E-state index >= 15 is 0 Å². The summed E-state index contributed by atoms with van der Waals surface area (Å²) in [7, 11) is 1.57. The van der Waals surface area contributed by atoms with Crippen molar-refractivity contribution < 1.29 is 19.1 Å². The van der Waals surface area contributed by atoms with Crippen LogP contribution >= 0.6 is 46.4 Å². The second-order valence-electron chi connectivity index (χ2n) is 10.1. The van der Waals surface area contributed by atoms with Gasteiger partial charge in [0.15, 0.2) is 0 Å². The number of nitrogens with one attached hydrogen (secondary N) is 1. The van der Waals surface area contributed by atoms with Crippen molar-refractivity contribution in [3.8, 4) is 11.5 Å². The molecule has 0 saturated carbocycles. The van der Waals surface area contributed by atoms with E-state index in [0.717, 1.165) is 5.56 Å². The van der Waals surface area contributed by atoms with Crippen LogP contribution in [0, 0.1) is 0 Å². The number of aliphatic imine (C=N–C) groups is 1. The molecule has 2 atom stereocenters. The van der Waals surface area contributed by atoms with Gasteiger partial charge in [0.1, 0.15) is 29.9 Å². The lowest BCUT2D eigenvalue weighted by atomic mass is 9.93. The highest BCUT2D eigenvalue weighted by molar-refractivity contribution is 6.42. The van der Waals surface area contributed by atoms with Crippen molar-refractivity contribution in [3.05, 3.63) is 91.4 Å². The molecule has 0 unspecified atom stereocenters. The predicted octanol–water partition coefficient (Wildman–Crippen LogP) is 7.19. The van der Waals surface area contributed by atoms with E-state index in [1.54, 1.807) is 48.4 Å². The van der Waals surface area contributed by atoms with Gasteiger partial charge in [0.25, 0.3) is 0 Å².